The minimum atomic E-state index is 0.509. The van der Waals surface area contributed by atoms with Gasteiger partial charge in [0.05, 0.1) is 0 Å². The van der Waals surface area contributed by atoms with Crippen molar-refractivity contribution in [1.29, 1.82) is 0 Å². The predicted molar refractivity (Wildman–Crippen MR) is 83.4 cm³/mol. The monoisotopic (exact) mass is 277 g/mol. The molecule has 0 radical (unpaired) electrons. The molecule has 1 heterocycles. The maximum atomic E-state index is 5.54. The van der Waals surface area contributed by atoms with Crippen LogP contribution in [0.3, 0.4) is 0 Å². The molecule has 0 bridgehead atoms. The summed E-state index contributed by atoms with van der Waals surface area (Å²) < 4.78 is 0. The molecule has 2 atom stereocenters. The predicted octanol–water partition coefficient (Wildman–Crippen LogP) is 2.95. The van der Waals surface area contributed by atoms with E-state index in [9.17, 15) is 0 Å². The summed E-state index contributed by atoms with van der Waals surface area (Å²) in [6.07, 6.45) is 7.62. The molecule has 1 fully saturated rings. The SMILES string of the molecule is CCc1c(NN)ncnc1NC1CCCCC1C(C)C. The van der Waals surface area contributed by atoms with Gasteiger partial charge in [-0.25, -0.2) is 15.8 Å². The van der Waals surface area contributed by atoms with Gasteiger partial charge in [-0.05, 0) is 31.1 Å². The second-order valence-corrected chi connectivity index (χ2v) is 5.99. The van der Waals surface area contributed by atoms with E-state index in [1.54, 1.807) is 6.33 Å². The van der Waals surface area contributed by atoms with Crippen LogP contribution in [-0.4, -0.2) is 16.0 Å². The lowest BCUT2D eigenvalue weighted by Crippen LogP contribution is -2.36. The lowest BCUT2D eigenvalue weighted by molar-refractivity contribution is 0.253. The fourth-order valence-electron chi connectivity index (χ4n) is 3.31. The molecule has 4 N–H and O–H groups in total. The number of hydrogen-bond donors (Lipinski definition) is 3. The molecule has 0 spiro atoms. The first-order valence-electron chi connectivity index (χ1n) is 7.74. The Hall–Kier alpha value is -1.36. The van der Waals surface area contributed by atoms with Gasteiger partial charge in [0.2, 0.25) is 0 Å². The molecule has 2 rings (SSSR count). The molecule has 1 aliphatic rings. The van der Waals surface area contributed by atoms with Gasteiger partial charge in [-0.3, -0.25) is 0 Å². The van der Waals surface area contributed by atoms with Crippen molar-refractivity contribution < 1.29 is 0 Å². The Morgan fingerprint density at radius 1 is 1.25 bits per heavy atom. The molecule has 0 saturated heterocycles. The van der Waals surface area contributed by atoms with Crippen LogP contribution in [0, 0.1) is 11.8 Å². The average molecular weight is 277 g/mol. The lowest BCUT2D eigenvalue weighted by Gasteiger charge is -2.35. The molecule has 2 unspecified atom stereocenters. The third-order valence-electron chi connectivity index (χ3n) is 4.43. The van der Waals surface area contributed by atoms with E-state index in [1.165, 1.54) is 25.7 Å². The van der Waals surface area contributed by atoms with Crippen molar-refractivity contribution in [3.05, 3.63) is 11.9 Å². The molecule has 112 valence electrons. The molecule has 1 saturated carbocycles. The van der Waals surface area contributed by atoms with Crippen LogP contribution in [-0.2, 0) is 6.42 Å². The van der Waals surface area contributed by atoms with Gasteiger partial charge in [0, 0.05) is 11.6 Å². The fraction of sp³-hybridized carbons (Fsp3) is 0.733. The van der Waals surface area contributed by atoms with Crippen molar-refractivity contribution >= 4 is 11.6 Å². The summed E-state index contributed by atoms with van der Waals surface area (Å²) in [5, 5.41) is 3.66. The van der Waals surface area contributed by atoms with Crippen molar-refractivity contribution in [3.8, 4) is 0 Å². The molecule has 5 heteroatoms. The highest BCUT2D eigenvalue weighted by molar-refractivity contribution is 5.57. The number of nitrogens with zero attached hydrogens (tertiary/aromatic N) is 2. The normalized spacial score (nSPS) is 22.9. The summed E-state index contributed by atoms with van der Waals surface area (Å²) in [4.78, 5) is 8.62. The van der Waals surface area contributed by atoms with Crippen LogP contribution < -0.4 is 16.6 Å². The average Bonchev–Trinajstić information content (AvgIpc) is 2.47. The molecular weight excluding hydrogens is 250 g/mol. The number of nitrogens with one attached hydrogen (secondary N) is 2. The van der Waals surface area contributed by atoms with Crippen LogP contribution in [0.4, 0.5) is 11.6 Å². The Balaban J connectivity index is 2.19. The van der Waals surface area contributed by atoms with E-state index in [1.807, 2.05) is 0 Å². The van der Waals surface area contributed by atoms with Crippen molar-refractivity contribution in [2.24, 2.45) is 17.7 Å². The third-order valence-corrected chi connectivity index (χ3v) is 4.43. The zero-order chi connectivity index (χ0) is 14.5. The summed E-state index contributed by atoms with van der Waals surface area (Å²) in [5.41, 5.74) is 3.74. The highest BCUT2D eigenvalue weighted by Gasteiger charge is 2.28. The smallest absolute Gasteiger partial charge is 0.148 e. The van der Waals surface area contributed by atoms with Crippen LogP contribution in [0.5, 0.6) is 0 Å². The third kappa shape index (κ3) is 3.20. The van der Waals surface area contributed by atoms with Crippen LogP contribution in [0.25, 0.3) is 0 Å². The van der Waals surface area contributed by atoms with Gasteiger partial charge in [0.1, 0.15) is 18.0 Å². The molecule has 5 nitrogen and oxygen atoms in total. The number of nitrogens with two attached hydrogens (primary N) is 1. The highest BCUT2D eigenvalue weighted by Crippen LogP contribution is 2.33. The van der Waals surface area contributed by atoms with Gasteiger partial charge >= 0.3 is 0 Å². The summed E-state index contributed by atoms with van der Waals surface area (Å²) in [7, 11) is 0. The number of rotatable bonds is 5. The second-order valence-electron chi connectivity index (χ2n) is 5.99. The van der Waals surface area contributed by atoms with Crippen LogP contribution >= 0.6 is 0 Å². The van der Waals surface area contributed by atoms with Gasteiger partial charge in [-0.2, -0.15) is 0 Å². The van der Waals surface area contributed by atoms with Crippen LogP contribution in [0.15, 0.2) is 6.33 Å². The number of hydrazine groups is 1. The lowest BCUT2D eigenvalue weighted by atomic mass is 9.78. The number of anilines is 2. The van der Waals surface area contributed by atoms with Crippen LogP contribution in [0.2, 0.25) is 0 Å². The Kier molecular flexibility index (Phi) is 5.17. The van der Waals surface area contributed by atoms with E-state index in [0.29, 0.717) is 12.0 Å². The standard InChI is InChI=1S/C15H27N5/c1-4-11-14(17-9-18-15(11)20-16)19-13-8-6-5-7-12(13)10(2)3/h9-10,12-13H,4-8,16H2,1-3H3,(H2,17,18,19,20). The first kappa shape index (κ1) is 15.0. The number of aromatic nitrogens is 2. The molecule has 20 heavy (non-hydrogen) atoms. The first-order valence-corrected chi connectivity index (χ1v) is 7.74. The van der Waals surface area contributed by atoms with Crippen molar-refractivity contribution in [2.45, 2.75) is 58.9 Å². The van der Waals surface area contributed by atoms with Gasteiger partial charge in [0.25, 0.3) is 0 Å². The quantitative estimate of drug-likeness (QED) is 0.570. The number of nitrogen functional groups attached to an aromatic ring is 1. The number of hydrogen-bond acceptors (Lipinski definition) is 5. The zero-order valence-corrected chi connectivity index (χ0v) is 12.8. The van der Waals surface area contributed by atoms with Gasteiger partial charge in [-0.1, -0.05) is 33.6 Å². The summed E-state index contributed by atoms with van der Waals surface area (Å²) in [5.74, 6) is 8.62. The van der Waals surface area contributed by atoms with Gasteiger partial charge in [0.15, 0.2) is 0 Å². The molecule has 0 aromatic carbocycles. The van der Waals surface area contributed by atoms with Crippen molar-refractivity contribution in [1.82, 2.24) is 9.97 Å². The molecule has 1 aromatic heterocycles. The molecular formula is C15H27N5. The van der Waals surface area contributed by atoms with Crippen molar-refractivity contribution in [3.63, 3.8) is 0 Å². The largest absolute Gasteiger partial charge is 0.367 e. The highest BCUT2D eigenvalue weighted by atomic mass is 15.3. The summed E-state index contributed by atoms with van der Waals surface area (Å²) in [6.45, 7) is 6.74. The Labute approximate surface area is 121 Å². The van der Waals surface area contributed by atoms with Crippen molar-refractivity contribution in [2.75, 3.05) is 10.7 Å². The van der Waals surface area contributed by atoms with E-state index in [2.05, 4.69) is 41.5 Å². The maximum absolute atomic E-state index is 5.54. The Morgan fingerprint density at radius 2 is 1.95 bits per heavy atom. The molecule has 0 amide bonds. The summed E-state index contributed by atoms with van der Waals surface area (Å²) in [6, 6.07) is 0.509. The molecule has 1 aliphatic carbocycles. The second kappa shape index (κ2) is 6.88. The Bertz CT molecular complexity index is 432. The van der Waals surface area contributed by atoms with E-state index >= 15 is 0 Å². The van der Waals surface area contributed by atoms with Gasteiger partial charge < -0.3 is 10.7 Å². The molecule has 1 aromatic rings. The zero-order valence-electron chi connectivity index (χ0n) is 12.8. The topological polar surface area (TPSA) is 75.9 Å². The molecule has 0 aliphatic heterocycles. The minimum absolute atomic E-state index is 0.509. The van der Waals surface area contributed by atoms with E-state index in [0.717, 1.165) is 29.5 Å². The van der Waals surface area contributed by atoms with Crippen LogP contribution in [0.1, 0.15) is 52.0 Å². The van der Waals surface area contributed by atoms with Gasteiger partial charge in [-0.15, -0.1) is 0 Å². The summed E-state index contributed by atoms with van der Waals surface area (Å²) >= 11 is 0. The first-order chi connectivity index (χ1) is 9.67. The maximum Gasteiger partial charge on any atom is 0.148 e. The van der Waals surface area contributed by atoms with E-state index in [4.69, 9.17) is 5.84 Å². The Morgan fingerprint density at radius 3 is 2.60 bits per heavy atom. The van der Waals surface area contributed by atoms with E-state index < -0.39 is 0 Å². The minimum Gasteiger partial charge on any atom is -0.367 e. The fourth-order valence-corrected chi connectivity index (χ4v) is 3.31. The van der Waals surface area contributed by atoms with E-state index in [-0.39, 0.29) is 0 Å².